The molecule has 1 aromatic rings. The predicted molar refractivity (Wildman–Crippen MR) is 108 cm³/mol. The number of carbonyl (C=O) groups is 6. The summed E-state index contributed by atoms with van der Waals surface area (Å²) in [6.45, 7) is 0. The Labute approximate surface area is 187 Å². The minimum Gasteiger partial charge on any atom is -0.481 e. The molecule has 0 bridgehead atoms. The maximum atomic E-state index is 12.6. The van der Waals surface area contributed by atoms with E-state index in [0.717, 1.165) is 7.11 Å². The molecule has 0 spiro atoms. The molecule has 13 nitrogen and oxygen atoms in total. The average Bonchev–Trinajstić information content (AvgIpc) is 2.71. The van der Waals surface area contributed by atoms with Gasteiger partial charge in [0.15, 0.2) is 5.60 Å². The summed E-state index contributed by atoms with van der Waals surface area (Å²) in [4.78, 5) is 70.1. The zero-order valence-electron chi connectivity index (χ0n) is 17.5. The lowest BCUT2D eigenvalue weighted by Crippen LogP contribution is -2.54. The van der Waals surface area contributed by atoms with Crippen molar-refractivity contribution in [3.63, 3.8) is 0 Å². The Balaban J connectivity index is 3.00. The third-order valence-electron chi connectivity index (χ3n) is 4.41. The van der Waals surface area contributed by atoms with Crippen LogP contribution in [-0.4, -0.2) is 80.9 Å². The van der Waals surface area contributed by atoms with Gasteiger partial charge in [-0.1, -0.05) is 30.3 Å². The Bertz CT molecular complexity index is 903. The van der Waals surface area contributed by atoms with E-state index in [1.807, 2.05) is 5.32 Å². The molecule has 180 valence electrons. The molecule has 0 saturated carbocycles. The van der Waals surface area contributed by atoms with E-state index in [0.29, 0.717) is 5.56 Å². The summed E-state index contributed by atoms with van der Waals surface area (Å²) < 4.78 is 4.65. The normalized spacial score (nSPS) is 14.1. The summed E-state index contributed by atoms with van der Waals surface area (Å²) in [5, 5.41) is 41.1. The molecular formula is C20H24N2O11. The Morgan fingerprint density at radius 2 is 1.52 bits per heavy atom. The first-order valence-corrected chi connectivity index (χ1v) is 9.48. The van der Waals surface area contributed by atoms with Crippen molar-refractivity contribution < 1.29 is 53.9 Å². The van der Waals surface area contributed by atoms with E-state index >= 15 is 0 Å². The lowest BCUT2D eigenvalue weighted by atomic mass is 9.95. The first kappa shape index (κ1) is 27.0. The summed E-state index contributed by atoms with van der Waals surface area (Å²) >= 11 is 0. The van der Waals surface area contributed by atoms with Crippen molar-refractivity contribution in [2.45, 2.75) is 43.4 Å². The molecule has 0 saturated heterocycles. The molecule has 33 heavy (non-hydrogen) atoms. The maximum absolute atomic E-state index is 12.6. The molecule has 1 rings (SSSR count). The quantitative estimate of drug-likeness (QED) is 0.184. The molecule has 6 N–H and O–H groups in total. The molecule has 0 aromatic heterocycles. The van der Waals surface area contributed by atoms with Gasteiger partial charge in [0.2, 0.25) is 11.8 Å². The van der Waals surface area contributed by atoms with Crippen LogP contribution in [0.4, 0.5) is 0 Å². The molecule has 0 aliphatic carbocycles. The minimum absolute atomic E-state index is 0.00956. The molecule has 0 heterocycles. The third kappa shape index (κ3) is 8.95. The number of benzene rings is 1. The van der Waals surface area contributed by atoms with E-state index in [1.165, 1.54) is 0 Å². The monoisotopic (exact) mass is 468 g/mol. The van der Waals surface area contributed by atoms with Crippen LogP contribution >= 0.6 is 0 Å². The molecule has 1 unspecified atom stereocenters. The lowest BCUT2D eigenvalue weighted by Gasteiger charge is -2.24. The largest absolute Gasteiger partial charge is 0.481 e. The van der Waals surface area contributed by atoms with Crippen molar-refractivity contribution in [1.29, 1.82) is 0 Å². The van der Waals surface area contributed by atoms with Crippen LogP contribution in [0.3, 0.4) is 0 Å². The van der Waals surface area contributed by atoms with E-state index in [1.54, 1.807) is 30.3 Å². The fourth-order valence-electron chi connectivity index (χ4n) is 2.82. The van der Waals surface area contributed by atoms with Crippen LogP contribution in [0.15, 0.2) is 30.3 Å². The molecule has 0 aliphatic rings. The van der Waals surface area contributed by atoms with Crippen molar-refractivity contribution in [1.82, 2.24) is 10.6 Å². The smallest absolute Gasteiger partial charge is 0.336 e. The van der Waals surface area contributed by atoms with Gasteiger partial charge in [0.1, 0.15) is 12.1 Å². The van der Waals surface area contributed by atoms with Gasteiger partial charge in [0, 0.05) is 6.42 Å². The molecule has 0 aliphatic heterocycles. The first-order valence-electron chi connectivity index (χ1n) is 9.48. The number of carboxylic acid groups (broad SMARTS) is 3. The summed E-state index contributed by atoms with van der Waals surface area (Å²) in [7, 11) is 1.08. The van der Waals surface area contributed by atoms with Gasteiger partial charge in [-0.05, 0) is 5.56 Å². The minimum atomic E-state index is -2.98. The number of ether oxygens (including phenoxy) is 1. The second kappa shape index (κ2) is 12.1. The van der Waals surface area contributed by atoms with Crippen LogP contribution < -0.4 is 10.6 Å². The van der Waals surface area contributed by atoms with Gasteiger partial charge in [0.25, 0.3) is 0 Å². The SMILES string of the molecule is COC(=O)[C@H](Cc1ccccc1)NC(=O)[C@H](CC(=O)O)NC(=O)CC(O)(CC(=O)O)C(=O)O. The van der Waals surface area contributed by atoms with Gasteiger partial charge < -0.3 is 35.8 Å². The lowest BCUT2D eigenvalue weighted by molar-refractivity contribution is -0.167. The van der Waals surface area contributed by atoms with Gasteiger partial charge in [-0.2, -0.15) is 0 Å². The van der Waals surface area contributed by atoms with Crippen LogP contribution in [-0.2, 0) is 39.9 Å². The topological polar surface area (TPSA) is 217 Å². The summed E-state index contributed by atoms with van der Waals surface area (Å²) in [5.74, 6) is -8.42. The number of rotatable bonds is 13. The van der Waals surface area contributed by atoms with Crippen molar-refractivity contribution in [2.24, 2.45) is 0 Å². The standard InChI is InChI=1S/C20H24N2O11/c1-33-18(29)13(7-11-5-3-2-4-6-11)22-17(28)12(8-15(24)25)21-14(23)9-20(32,19(30)31)10-16(26)27/h2-6,12-13,32H,7-10H2,1H3,(H,21,23)(H,22,28)(H,24,25)(H,26,27)(H,30,31)/t12-,13-,20?/m0/s1. The van der Waals surface area contributed by atoms with Crippen molar-refractivity contribution in [3.8, 4) is 0 Å². The molecule has 0 fully saturated rings. The zero-order chi connectivity index (χ0) is 25.2. The number of esters is 1. The van der Waals surface area contributed by atoms with Gasteiger partial charge in [-0.15, -0.1) is 0 Å². The predicted octanol–water partition coefficient (Wildman–Crippen LogP) is -1.47. The van der Waals surface area contributed by atoms with Crippen molar-refractivity contribution >= 4 is 35.7 Å². The van der Waals surface area contributed by atoms with E-state index in [9.17, 15) is 33.9 Å². The first-order chi connectivity index (χ1) is 15.4. The number of hydrogen-bond acceptors (Lipinski definition) is 8. The van der Waals surface area contributed by atoms with Gasteiger partial charge in [0.05, 0.1) is 26.4 Å². The van der Waals surface area contributed by atoms with Crippen molar-refractivity contribution in [3.05, 3.63) is 35.9 Å². The zero-order valence-corrected chi connectivity index (χ0v) is 17.5. The summed E-state index contributed by atoms with van der Waals surface area (Å²) in [6, 6.07) is 5.47. The highest BCUT2D eigenvalue weighted by Gasteiger charge is 2.41. The summed E-state index contributed by atoms with van der Waals surface area (Å²) in [5.41, 5.74) is -2.34. The number of aliphatic hydroxyl groups is 1. The van der Waals surface area contributed by atoms with Crippen LogP contribution in [0.2, 0.25) is 0 Å². The number of aliphatic carboxylic acids is 3. The van der Waals surface area contributed by atoms with Crippen LogP contribution in [0, 0.1) is 0 Å². The highest BCUT2D eigenvalue weighted by molar-refractivity contribution is 5.95. The van der Waals surface area contributed by atoms with Crippen LogP contribution in [0.25, 0.3) is 0 Å². The average molecular weight is 468 g/mol. The number of carbonyl (C=O) groups excluding carboxylic acids is 3. The maximum Gasteiger partial charge on any atom is 0.336 e. The van der Waals surface area contributed by atoms with E-state index in [2.05, 4.69) is 10.1 Å². The third-order valence-corrected chi connectivity index (χ3v) is 4.41. The fourth-order valence-corrected chi connectivity index (χ4v) is 2.82. The highest BCUT2D eigenvalue weighted by Crippen LogP contribution is 2.16. The molecule has 3 atom stereocenters. The van der Waals surface area contributed by atoms with Gasteiger partial charge >= 0.3 is 23.9 Å². The molecule has 13 heteroatoms. The second-order valence-electron chi connectivity index (χ2n) is 7.08. The summed E-state index contributed by atoms with van der Waals surface area (Å²) in [6.07, 6.45) is -3.53. The number of carboxylic acids is 3. The number of methoxy groups -OCH3 is 1. The van der Waals surface area contributed by atoms with Crippen LogP contribution in [0.1, 0.15) is 24.8 Å². The van der Waals surface area contributed by atoms with E-state index in [4.69, 9.17) is 15.3 Å². The molecular weight excluding hydrogens is 444 g/mol. The number of nitrogens with one attached hydrogen (secondary N) is 2. The Kier molecular flexibility index (Phi) is 9.95. The Morgan fingerprint density at radius 1 is 0.909 bits per heavy atom. The number of hydrogen-bond donors (Lipinski definition) is 6. The fraction of sp³-hybridized carbons (Fsp3) is 0.400. The Morgan fingerprint density at radius 3 is 2.00 bits per heavy atom. The van der Waals surface area contributed by atoms with E-state index in [-0.39, 0.29) is 6.42 Å². The van der Waals surface area contributed by atoms with Gasteiger partial charge in [-0.3, -0.25) is 19.2 Å². The molecule has 1 aromatic carbocycles. The van der Waals surface area contributed by atoms with Crippen molar-refractivity contribution in [2.75, 3.05) is 7.11 Å². The van der Waals surface area contributed by atoms with Crippen LogP contribution in [0.5, 0.6) is 0 Å². The second-order valence-corrected chi connectivity index (χ2v) is 7.08. The number of amides is 2. The highest BCUT2D eigenvalue weighted by atomic mass is 16.5. The van der Waals surface area contributed by atoms with Gasteiger partial charge in [-0.25, -0.2) is 9.59 Å². The Hall–Kier alpha value is -4.00. The molecule has 0 radical (unpaired) electrons. The van der Waals surface area contributed by atoms with E-state index < -0.39 is 72.6 Å². The molecule has 2 amide bonds.